The number of aliphatic carboxylic acids is 2. The average Bonchev–Trinajstić information content (AvgIpc) is 2.13. The highest BCUT2D eigenvalue weighted by Gasteiger charge is 2.34. The minimum Gasteiger partial charge on any atom is -0.473 e. The average molecular weight is 276 g/mol. The van der Waals surface area contributed by atoms with Crippen LogP contribution in [-0.2, 0) is 19.1 Å². The molecule has 8 heteroatoms. The number of ether oxygens (including phenoxy) is 1. The SMILES string of the molecule is CC(C)(C)OC(=O)C1CN(CN)C1.O=C(O)C(=O)O. The van der Waals surface area contributed by atoms with Crippen LogP contribution in [-0.4, -0.2) is 58.4 Å². The molecule has 0 spiro atoms. The molecule has 0 aromatic rings. The standard InChI is InChI=1S/C9H18N2O2.C2H2O4/c1-9(2,3)13-8(12)7-4-11(5-7)6-10;3-1(4)2(5)6/h7H,4-6,10H2,1-3H3;(H,3,4)(H,5,6). The van der Waals surface area contributed by atoms with Crippen LogP contribution in [0.2, 0.25) is 0 Å². The number of nitrogens with zero attached hydrogens (tertiary/aromatic N) is 1. The van der Waals surface area contributed by atoms with Gasteiger partial charge in [-0.05, 0) is 20.8 Å². The van der Waals surface area contributed by atoms with Gasteiger partial charge in [0.2, 0.25) is 0 Å². The summed E-state index contributed by atoms with van der Waals surface area (Å²) in [5.74, 6) is -3.72. The summed E-state index contributed by atoms with van der Waals surface area (Å²) in [5.41, 5.74) is 5.02. The Kier molecular flexibility index (Phi) is 6.43. The molecule has 1 rings (SSSR count). The fourth-order valence-electron chi connectivity index (χ4n) is 1.25. The third-order valence-corrected chi connectivity index (χ3v) is 2.14. The first-order valence-electron chi connectivity index (χ1n) is 5.68. The van der Waals surface area contributed by atoms with Gasteiger partial charge in [0.05, 0.1) is 5.92 Å². The summed E-state index contributed by atoms with van der Waals surface area (Å²) in [5, 5.41) is 14.8. The maximum Gasteiger partial charge on any atom is 0.414 e. The first kappa shape index (κ1) is 17.3. The zero-order valence-electron chi connectivity index (χ0n) is 11.3. The van der Waals surface area contributed by atoms with Gasteiger partial charge in [-0.1, -0.05) is 0 Å². The van der Waals surface area contributed by atoms with Crippen molar-refractivity contribution >= 4 is 17.9 Å². The largest absolute Gasteiger partial charge is 0.473 e. The normalized spacial score (nSPS) is 15.8. The van der Waals surface area contributed by atoms with Gasteiger partial charge in [-0.2, -0.15) is 0 Å². The molecule has 0 unspecified atom stereocenters. The van der Waals surface area contributed by atoms with E-state index in [1.165, 1.54) is 0 Å². The molecule has 0 amide bonds. The van der Waals surface area contributed by atoms with Crippen molar-refractivity contribution in [3.05, 3.63) is 0 Å². The van der Waals surface area contributed by atoms with Crippen LogP contribution in [0, 0.1) is 5.92 Å². The molecule has 1 heterocycles. The van der Waals surface area contributed by atoms with Crippen molar-refractivity contribution in [1.29, 1.82) is 0 Å². The quantitative estimate of drug-likeness (QED) is 0.447. The summed E-state index contributed by atoms with van der Waals surface area (Å²) in [6.45, 7) is 7.65. The number of carbonyl (C=O) groups is 3. The van der Waals surface area contributed by atoms with Gasteiger partial charge in [-0.25, -0.2) is 9.59 Å². The Hall–Kier alpha value is -1.67. The van der Waals surface area contributed by atoms with Gasteiger partial charge in [0.25, 0.3) is 0 Å². The second-order valence-corrected chi connectivity index (χ2v) is 5.06. The fraction of sp³-hybridized carbons (Fsp3) is 0.727. The van der Waals surface area contributed by atoms with Crippen LogP contribution in [0.4, 0.5) is 0 Å². The molecule has 0 aliphatic carbocycles. The molecule has 0 radical (unpaired) electrons. The number of hydrogen-bond acceptors (Lipinski definition) is 6. The molecular weight excluding hydrogens is 256 g/mol. The molecule has 0 aromatic carbocycles. The monoisotopic (exact) mass is 276 g/mol. The van der Waals surface area contributed by atoms with Gasteiger partial charge < -0.3 is 20.7 Å². The Bertz CT molecular complexity index is 332. The van der Waals surface area contributed by atoms with Gasteiger partial charge in [0.15, 0.2) is 0 Å². The summed E-state index contributed by atoms with van der Waals surface area (Å²) >= 11 is 0. The molecule has 0 atom stereocenters. The lowest BCUT2D eigenvalue weighted by Crippen LogP contribution is -2.53. The van der Waals surface area contributed by atoms with Crippen LogP contribution in [0.5, 0.6) is 0 Å². The molecule has 1 aliphatic heterocycles. The molecule has 4 N–H and O–H groups in total. The zero-order chi connectivity index (χ0) is 15.2. The number of esters is 1. The molecule has 0 aromatic heterocycles. The van der Waals surface area contributed by atoms with Gasteiger partial charge in [-0.15, -0.1) is 0 Å². The van der Waals surface area contributed by atoms with Crippen LogP contribution < -0.4 is 5.73 Å². The van der Waals surface area contributed by atoms with Crippen molar-refractivity contribution in [2.24, 2.45) is 11.7 Å². The number of likely N-dealkylation sites (tertiary alicyclic amines) is 1. The Morgan fingerprint density at radius 2 is 1.63 bits per heavy atom. The van der Waals surface area contributed by atoms with Gasteiger partial charge in [-0.3, -0.25) is 9.69 Å². The van der Waals surface area contributed by atoms with Crippen LogP contribution in [0.3, 0.4) is 0 Å². The van der Waals surface area contributed by atoms with E-state index in [1.807, 2.05) is 25.7 Å². The van der Waals surface area contributed by atoms with E-state index in [9.17, 15) is 4.79 Å². The van der Waals surface area contributed by atoms with E-state index in [0.717, 1.165) is 13.1 Å². The van der Waals surface area contributed by atoms with E-state index in [4.69, 9.17) is 30.3 Å². The number of carboxylic acids is 2. The number of rotatable bonds is 2. The summed E-state index contributed by atoms with van der Waals surface area (Å²) in [6.07, 6.45) is 0. The minimum atomic E-state index is -1.82. The van der Waals surface area contributed by atoms with E-state index in [1.54, 1.807) is 0 Å². The molecular formula is C11H20N2O6. The molecule has 0 saturated carbocycles. The highest BCUT2D eigenvalue weighted by molar-refractivity contribution is 6.27. The van der Waals surface area contributed by atoms with Gasteiger partial charge >= 0.3 is 17.9 Å². The van der Waals surface area contributed by atoms with Crippen LogP contribution in [0.25, 0.3) is 0 Å². The van der Waals surface area contributed by atoms with E-state index in [-0.39, 0.29) is 17.5 Å². The maximum absolute atomic E-state index is 11.4. The van der Waals surface area contributed by atoms with Crippen molar-refractivity contribution in [1.82, 2.24) is 4.90 Å². The Labute approximate surface area is 111 Å². The van der Waals surface area contributed by atoms with E-state index in [2.05, 4.69) is 0 Å². The summed E-state index contributed by atoms with van der Waals surface area (Å²) < 4.78 is 5.23. The second-order valence-electron chi connectivity index (χ2n) is 5.06. The third-order valence-electron chi connectivity index (χ3n) is 2.14. The first-order chi connectivity index (χ1) is 8.56. The summed E-state index contributed by atoms with van der Waals surface area (Å²) in [6, 6.07) is 0. The smallest absolute Gasteiger partial charge is 0.414 e. The van der Waals surface area contributed by atoms with Crippen LogP contribution in [0.15, 0.2) is 0 Å². The van der Waals surface area contributed by atoms with Gasteiger partial charge in [0, 0.05) is 19.8 Å². The van der Waals surface area contributed by atoms with Crippen molar-refractivity contribution in [2.75, 3.05) is 19.8 Å². The first-order valence-corrected chi connectivity index (χ1v) is 5.68. The predicted octanol–water partition coefficient (Wildman–Crippen LogP) is -0.668. The van der Waals surface area contributed by atoms with Crippen LogP contribution >= 0.6 is 0 Å². The molecule has 1 aliphatic rings. The third kappa shape index (κ3) is 7.37. The summed E-state index contributed by atoms with van der Waals surface area (Å²) in [7, 11) is 0. The number of carboxylic acid groups (broad SMARTS) is 2. The molecule has 0 bridgehead atoms. The highest BCUT2D eigenvalue weighted by Crippen LogP contribution is 2.18. The van der Waals surface area contributed by atoms with Crippen molar-refractivity contribution in [3.63, 3.8) is 0 Å². The molecule has 8 nitrogen and oxygen atoms in total. The summed E-state index contributed by atoms with van der Waals surface area (Å²) in [4.78, 5) is 31.6. The van der Waals surface area contributed by atoms with Crippen molar-refractivity contribution in [3.8, 4) is 0 Å². The van der Waals surface area contributed by atoms with Crippen molar-refractivity contribution < 1.29 is 29.3 Å². The number of carbonyl (C=O) groups excluding carboxylic acids is 1. The number of hydrogen-bond donors (Lipinski definition) is 3. The van der Waals surface area contributed by atoms with Gasteiger partial charge in [0.1, 0.15) is 5.60 Å². The number of nitrogens with two attached hydrogens (primary N) is 1. The highest BCUT2D eigenvalue weighted by atomic mass is 16.6. The van der Waals surface area contributed by atoms with Crippen LogP contribution in [0.1, 0.15) is 20.8 Å². The lowest BCUT2D eigenvalue weighted by molar-refractivity contribution is -0.165. The van der Waals surface area contributed by atoms with E-state index in [0.29, 0.717) is 6.67 Å². The predicted molar refractivity (Wildman–Crippen MR) is 65.2 cm³/mol. The minimum absolute atomic E-state index is 0.0303. The fourth-order valence-corrected chi connectivity index (χ4v) is 1.25. The topological polar surface area (TPSA) is 130 Å². The molecule has 1 saturated heterocycles. The lowest BCUT2D eigenvalue weighted by Gasteiger charge is -2.37. The molecule has 19 heavy (non-hydrogen) atoms. The lowest BCUT2D eigenvalue weighted by atomic mass is 10.0. The Morgan fingerprint density at radius 3 is 1.89 bits per heavy atom. The van der Waals surface area contributed by atoms with E-state index < -0.39 is 11.9 Å². The van der Waals surface area contributed by atoms with Crippen molar-refractivity contribution in [2.45, 2.75) is 26.4 Å². The molecule has 1 fully saturated rings. The molecule has 110 valence electrons. The maximum atomic E-state index is 11.4. The Morgan fingerprint density at radius 1 is 1.21 bits per heavy atom. The zero-order valence-corrected chi connectivity index (χ0v) is 11.3. The van der Waals surface area contributed by atoms with E-state index >= 15 is 0 Å². The Balaban J connectivity index is 0.000000459. The second kappa shape index (κ2) is 7.05.